The maximum Gasteiger partial charge on any atom is 0.225 e. The third-order valence-electron chi connectivity index (χ3n) is 2.24. The highest BCUT2D eigenvalue weighted by Crippen LogP contribution is 2.10. The number of terminal acetylenes is 1. The van der Waals surface area contributed by atoms with Crippen molar-refractivity contribution >= 4 is 5.91 Å². The van der Waals surface area contributed by atoms with Gasteiger partial charge in [0.25, 0.3) is 0 Å². The molecule has 1 N–H and O–H groups in total. The number of benzene rings is 1. The monoisotopic (exact) mass is 201 g/mol. The van der Waals surface area contributed by atoms with Crippen LogP contribution in [0, 0.1) is 26.2 Å². The highest BCUT2D eigenvalue weighted by Gasteiger charge is 2.04. The fraction of sp³-hybridized carbons (Fsp3) is 0.308. The lowest BCUT2D eigenvalue weighted by molar-refractivity contribution is -0.120. The second-order valence-electron chi connectivity index (χ2n) is 3.59. The first-order valence-electron chi connectivity index (χ1n) is 4.90. The fourth-order valence-corrected chi connectivity index (χ4v) is 1.38. The van der Waals surface area contributed by atoms with Gasteiger partial charge in [-0.05, 0) is 25.0 Å². The molecular formula is C13H15NO. The van der Waals surface area contributed by atoms with E-state index in [1.54, 1.807) is 0 Å². The van der Waals surface area contributed by atoms with Crippen LogP contribution in [0.5, 0.6) is 0 Å². The van der Waals surface area contributed by atoms with Crippen molar-refractivity contribution < 1.29 is 4.79 Å². The van der Waals surface area contributed by atoms with Crippen molar-refractivity contribution in [3.63, 3.8) is 0 Å². The van der Waals surface area contributed by atoms with Crippen LogP contribution in [-0.4, -0.2) is 12.5 Å². The van der Waals surface area contributed by atoms with Gasteiger partial charge in [-0.3, -0.25) is 4.79 Å². The number of aryl methyl sites for hydroxylation is 2. The molecule has 0 saturated carbocycles. The predicted octanol–water partition coefficient (Wildman–Crippen LogP) is 1.60. The Morgan fingerprint density at radius 1 is 1.47 bits per heavy atom. The summed E-state index contributed by atoms with van der Waals surface area (Å²) >= 11 is 0. The van der Waals surface area contributed by atoms with Crippen molar-refractivity contribution in [1.82, 2.24) is 5.32 Å². The van der Waals surface area contributed by atoms with Gasteiger partial charge in [-0.15, -0.1) is 6.42 Å². The second-order valence-corrected chi connectivity index (χ2v) is 3.59. The molecule has 0 atom stereocenters. The molecule has 2 nitrogen and oxygen atoms in total. The molecule has 0 spiro atoms. The number of rotatable bonds is 3. The number of hydrogen-bond acceptors (Lipinski definition) is 1. The minimum absolute atomic E-state index is 0.0262. The Balaban J connectivity index is 2.68. The van der Waals surface area contributed by atoms with Gasteiger partial charge < -0.3 is 5.32 Å². The van der Waals surface area contributed by atoms with Crippen LogP contribution < -0.4 is 5.32 Å². The molecule has 0 fully saturated rings. The minimum Gasteiger partial charge on any atom is -0.345 e. The molecule has 1 amide bonds. The summed E-state index contributed by atoms with van der Waals surface area (Å²) in [6.45, 7) is 4.31. The summed E-state index contributed by atoms with van der Waals surface area (Å²) in [6, 6.07) is 6.10. The Kier molecular flexibility index (Phi) is 3.93. The van der Waals surface area contributed by atoms with Crippen molar-refractivity contribution in [2.75, 3.05) is 6.54 Å². The van der Waals surface area contributed by atoms with Gasteiger partial charge in [0.15, 0.2) is 0 Å². The van der Waals surface area contributed by atoms with Crippen LogP contribution in [-0.2, 0) is 11.2 Å². The van der Waals surface area contributed by atoms with Crippen molar-refractivity contribution in [3.8, 4) is 12.3 Å². The zero-order valence-corrected chi connectivity index (χ0v) is 9.13. The van der Waals surface area contributed by atoms with E-state index in [-0.39, 0.29) is 5.91 Å². The molecule has 15 heavy (non-hydrogen) atoms. The van der Waals surface area contributed by atoms with E-state index in [1.165, 1.54) is 5.56 Å². The number of amides is 1. The smallest absolute Gasteiger partial charge is 0.225 e. The summed E-state index contributed by atoms with van der Waals surface area (Å²) in [5.41, 5.74) is 3.36. The molecule has 0 aliphatic carbocycles. The fourth-order valence-electron chi connectivity index (χ4n) is 1.38. The van der Waals surface area contributed by atoms with E-state index in [2.05, 4.69) is 11.2 Å². The molecule has 0 unspecified atom stereocenters. The Morgan fingerprint density at radius 3 is 2.87 bits per heavy atom. The maximum absolute atomic E-state index is 11.4. The molecule has 2 heteroatoms. The number of nitrogens with one attached hydrogen (secondary N) is 1. The largest absolute Gasteiger partial charge is 0.345 e. The Bertz CT molecular complexity index is 401. The summed E-state index contributed by atoms with van der Waals surface area (Å²) in [5.74, 6) is 2.35. The zero-order chi connectivity index (χ0) is 11.3. The molecule has 0 bridgehead atoms. The second kappa shape index (κ2) is 5.21. The normalized spacial score (nSPS) is 9.40. The van der Waals surface area contributed by atoms with Crippen LogP contribution in [0.25, 0.3) is 0 Å². The molecule has 78 valence electrons. The highest BCUT2D eigenvalue weighted by molar-refractivity contribution is 5.79. The van der Waals surface area contributed by atoms with Crippen LogP contribution >= 0.6 is 0 Å². The Morgan fingerprint density at radius 2 is 2.20 bits per heavy atom. The maximum atomic E-state index is 11.4. The molecule has 0 aromatic heterocycles. The predicted molar refractivity (Wildman–Crippen MR) is 61.5 cm³/mol. The van der Waals surface area contributed by atoms with E-state index in [9.17, 15) is 4.79 Å². The summed E-state index contributed by atoms with van der Waals surface area (Å²) in [5, 5.41) is 2.65. The average molecular weight is 201 g/mol. The SMILES string of the molecule is C#CCNC(=O)Cc1cc(C)ccc1C. The molecule has 0 saturated heterocycles. The topological polar surface area (TPSA) is 29.1 Å². The first kappa shape index (κ1) is 11.3. The molecular weight excluding hydrogens is 186 g/mol. The van der Waals surface area contributed by atoms with Gasteiger partial charge in [0.2, 0.25) is 5.91 Å². The standard InChI is InChI=1S/C13H15NO/c1-4-7-14-13(15)9-12-8-10(2)5-6-11(12)3/h1,5-6,8H,7,9H2,2-3H3,(H,14,15). The van der Waals surface area contributed by atoms with Gasteiger partial charge >= 0.3 is 0 Å². The minimum atomic E-state index is -0.0262. The van der Waals surface area contributed by atoms with Crippen LogP contribution in [0.15, 0.2) is 18.2 Å². The van der Waals surface area contributed by atoms with E-state index >= 15 is 0 Å². The summed E-state index contributed by atoms with van der Waals surface area (Å²) in [7, 11) is 0. The van der Waals surface area contributed by atoms with Crippen molar-refractivity contribution in [2.45, 2.75) is 20.3 Å². The third-order valence-corrected chi connectivity index (χ3v) is 2.24. The third kappa shape index (κ3) is 3.47. The Hall–Kier alpha value is -1.75. The highest BCUT2D eigenvalue weighted by atomic mass is 16.1. The average Bonchev–Trinajstić information content (AvgIpc) is 2.20. The van der Waals surface area contributed by atoms with Gasteiger partial charge in [0.1, 0.15) is 0 Å². The first-order valence-corrected chi connectivity index (χ1v) is 4.90. The Labute approximate surface area is 90.7 Å². The van der Waals surface area contributed by atoms with Gasteiger partial charge in [-0.2, -0.15) is 0 Å². The van der Waals surface area contributed by atoms with Gasteiger partial charge in [0, 0.05) is 0 Å². The van der Waals surface area contributed by atoms with Gasteiger partial charge in [-0.1, -0.05) is 29.7 Å². The summed E-state index contributed by atoms with van der Waals surface area (Å²) in [4.78, 5) is 11.4. The van der Waals surface area contributed by atoms with Crippen LogP contribution in [0.4, 0.5) is 0 Å². The first-order chi connectivity index (χ1) is 7.13. The molecule has 1 rings (SSSR count). The summed E-state index contributed by atoms with van der Waals surface area (Å²) in [6.07, 6.45) is 5.46. The zero-order valence-electron chi connectivity index (χ0n) is 9.13. The van der Waals surface area contributed by atoms with Crippen LogP contribution in [0.3, 0.4) is 0 Å². The number of hydrogen-bond donors (Lipinski definition) is 1. The molecule has 1 aromatic rings. The molecule has 0 aliphatic rings. The van der Waals surface area contributed by atoms with Crippen LogP contribution in [0.1, 0.15) is 16.7 Å². The quantitative estimate of drug-likeness (QED) is 0.739. The van der Waals surface area contributed by atoms with E-state index < -0.39 is 0 Å². The van der Waals surface area contributed by atoms with E-state index in [0.717, 1.165) is 11.1 Å². The molecule has 0 heterocycles. The van der Waals surface area contributed by atoms with Crippen molar-refractivity contribution in [1.29, 1.82) is 0 Å². The van der Waals surface area contributed by atoms with Gasteiger partial charge in [-0.25, -0.2) is 0 Å². The van der Waals surface area contributed by atoms with E-state index in [4.69, 9.17) is 6.42 Å². The van der Waals surface area contributed by atoms with Crippen molar-refractivity contribution in [3.05, 3.63) is 34.9 Å². The van der Waals surface area contributed by atoms with E-state index in [1.807, 2.05) is 32.0 Å². The number of carbonyl (C=O) groups is 1. The molecule has 1 aromatic carbocycles. The lowest BCUT2D eigenvalue weighted by Crippen LogP contribution is -2.25. The van der Waals surface area contributed by atoms with Crippen molar-refractivity contribution in [2.24, 2.45) is 0 Å². The van der Waals surface area contributed by atoms with E-state index in [0.29, 0.717) is 13.0 Å². The van der Waals surface area contributed by atoms with Crippen LogP contribution in [0.2, 0.25) is 0 Å². The summed E-state index contributed by atoms with van der Waals surface area (Å²) < 4.78 is 0. The number of carbonyl (C=O) groups excluding carboxylic acids is 1. The lowest BCUT2D eigenvalue weighted by atomic mass is 10.0. The molecule has 0 aliphatic heterocycles. The molecule has 0 radical (unpaired) electrons. The lowest BCUT2D eigenvalue weighted by Gasteiger charge is -2.06. The van der Waals surface area contributed by atoms with Gasteiger partial charge in [0.05, 0.1) is 13.0 Å².